The van der Waals surface area contributed by atoms with E-state index in [0.29, 0.717) is 17.0 Å². The van der Waals surface area contributed by atoms with Gasteiger partial charge in [-0.15, -0.1) is 0 Å². The second kappa shape index (κ2) is 6.95. The zero-order valence-corrected chi connectivity index (χ0v) is 15.6. The Balaban J connectivity index is 1.56. The average Bonchev–Trinajstić information content (AvgIpc) is 3.27. The Kier molecular flexibility index (Phi) is 4.50. The molecule has 1 fully saturated rings. The molecule has 7 nitrogen and oxygen atoms in total. The number of halogens is 1. The van der Waals surface area contributed by atoms with Crippen LogP contribution < -0.4 is 5.73 Å². The summed E-state index contributed by atoms with van der Waals surface area (Å²) in [5.41, 5.74) is 7.66. The van der Waals surface area contributed by atoms with Crippen LogP contribution in [0.4, 0.5) is 10.6 Å². The van der Waals surface area contributed by atoms with E-state index < -0.39 is 0 Å². The second-order valence-electron chi connectivity index (χ2n) is 6.21. The largest absolute Gasteiger partial charge is 0.445 e. The van der Waals surface area contributed by atoms with Gasteiger partial charge in [0.2, 0.25) is 0 Å². The van der Waals surface area contributed by atoms with E-state index in [1.807, 2.05) is 40.9 Å². The number of fused-ring (bicyclic) bond motifs is 1. The standard InChI is InChI=1S/C18H18BrN5O2/c19-15-10-24-14(16(20)22-15)9-21-17(24)13-7-4-8-23(13)18(25)26-11-12-5-2-1-3-6-12/h1-3,5-6,9-10,13H,4,7-8,11H2,(H2,20,22)/t13-/m0/s1. The van der Waals surface area contributed by atoms with Crippen molar-refractivity contribution in [3.05, 3.63) is 58.7 Å². The van der Waals surface area contributed by atoms with Crippen molar-refractivity contribution >= 4 is 33.4 Å². The van der Waals surface area contributed by atoms with Crippen molar-refractivity contribution in [1.29, 1.82) is 0 Å². The van der Waals surface area contributed by atoms with Crippen molar-refractivity contribution in [3.63, 3.8) is 0 Å². The molecular formula is C18H18BrN5O2. The highest BCUT2D eigenvalue weighted by Crippen LogP contribution is 2.33. The van der Waals surface area contributed by atoms with Crippen LogP contribution in [0.15, 0.2) is 47.3 Å². The third kappa shape index (κ3) is 3.12. The number of hydrogen-bond acceptors (Lipinski definition) is 5. The highest BCUT2D eigenvalue weighted by Gasteiger charge is 2.34. The summed E-state index contributed by atoms with van der Waals surface area (Å²) in [6.07, 6.45) is 4.92. The van der Waals surface area contributed by atoms with Gasteiger partial charge in [0.25, 0.3) is 0 Å². The molecule has 3 heterocycles. The molecule has 1 saturated heterocycles. The van der Waals surface area contributed by atoms with Crippen LogP contribution in [0.25, 0.3) is 5.52 Å². The SMILES string of the molecule is Nc1nc(Br)cn2c([C@@H]3CCCN3C(=O)OCc3ccccc3)ncc12. The topological polar surface area (TPSA) is 85.8 Å². The van der Waals surface area contributed by atoms with E-state index in [4.69, 9.17) is 10.5 Å². The third-order valence-corrected chi connectivity index (χ3v) is 4.92. The van der Waals surface area contributed by atoms with Gasteiger partial charge in [0.15, 0.2) is 5.82 Å². The molecule has 0 radical (unpaired) electrons. The van der Waals surface area contributed by atoms with Gasteiger partial charge in [0.1, 0.15) is 22.6 Å². The number of benzene rings is 1. The lowest BCUT2D eigenvalue weighted by Crippen LogP contribution is -2.32. The molecule has 1 atom stereocenters. The zero-order valence-electron chi connectivity index (χ0n) is 14.0. The summed E-state index contributed by atoms with van der Waals surface area (Å²) in [6.45, 7) is 0.905. The van der Waals surface area contributed by atoms with Gasteiger partial charge in [-0.25, -0.2) is 14.8 Å². The molecule has 1 aliphatic rings. The van der Waals surface area contributed by atoms with Gasteiger partial charge < -0.3 is 10.5 Å². The Labute approximate surface area is 158 Å². The third-order valence-electron chi connectivity index (χ3n) is 4.54. The van der Waals surface area contributed by atoms with Crippen LogP contribution in [-0.2, 0) is 11.3 Å². The van der Waals surface area contributed by atoms with Crippen molar-refractivity contribution in [2.75, 3.05) is 12.3 Å². The van der Waals surface area contributed by atoms with Crippen LogP contribution in [0.3, 0.4) is 0 Å². The minimum absolute atomic E-state index is 0.144. The molecular weight excluding hydrogens is 398 g/mol. The molecule has 8 heteroatoms. The van der Waals surface area contributed by atoms with E-state index in [1.54, 1.807) is 11.1 Å². The summed E-state index contributed by atoms with van der Waals surface area (Å²) < 4.78 is 8.02. The monoisotopic (exact) mass is 415 g/mol. The quantitative estimate of drug-likeness (QED) is 0.706. The van der Waals surface area contributed by atoms with Crippen LogP contribution in [0.5, 0.6) is 0 Å². The molecule has 0 saturated carbocycles. The van der Waals surface area contributed by atoms with Crippen LogP contribution in [0, 0.1) is 0 Å². The number of carbonyl (C=O) groups excluding carboxylic acids is 1. The fourth-order valence-electron chi connectivity index (χ4n) is 3.31. The molecule has 1 amide bonds. The molecule has 0 aliphatic carbocycles. The van der Waals surface area contributed by atoms with E-state index in [2.05, 4.69) is 25.9 Å². The fourth-order valence-corrected chi connectivity index (χ4v) is 3.71. The molecule has 1 aliphatic heterocycles. The Morgan fingerprint density at radius 2 is 2.15 bits per heavy atom. The maximum absolute atomic E-state index is 12.6. The molecule has 4 rings (SSSR count). The Hall–Kier alpha value is -2.61. The van der Waals surface area contributed by atoms with Crippen molar-refractivity contribution in [1.82, 2.24) is 19.3 Å². The first kappa shape index (κ1) is 16.8. The lowest BCUT2D eigenvalue weighted by atomic mass is 10.2. The van der Waals surface area contributed by atoms with Crippen LogP contribution >= 0.6 is 15.9 Å². The van der Waals surface area contributed by atoms with Crippen molar-refractivity contribution in [2.45, 2.75) is 25.5 Å². The minimum atomic E-state index is -0.325. The van der Waals surface area contributed by atoms with E-state index >= 15 is 0 Å². The van der Waals surface area contributed by atoms with Gasteiger partial charge in [-0.3, -0.25) is 9.30 Å². The average molecular weight is 416 g/mol. The molecule has 0 bridgehead atoms. The highest BCUT2D eigenvalue weighted by molar-refractivity contribution is 9.10. The van der Waals surface area contributed by atoms with E-state index in [-0.39, 0.29) is 18.7 Å². The maximum atomic E-state index is 12.6. The summed E-state index contributed by atoms with van der Waals surface area (Å²) in [4.78, 5) is 23.0. The van der Waals surface area contributed by atoms with Crippen LogP contribution in [0.2, 0.25) is 0 Å². The van der Waals surface area contributed by atoms with Gasteiger partial charge >= 0.3 is 6.09 Å². The number of nitrogen functional groups attached to an aromatic ring is 1. The second-order valence-corrected chi connectivity index (χ2v) is 7.02. The first-order valence-corrected chi connectivity index (χ1v) is 9.19. The van der Waals surface area contributed by atoms with E-state index in [1.165, 1.54) is 0 Å². The normalized spacial score (nSPS) is 17.0. The van der Waals surface area contributed by atoms with Crippen molar-refractivity contribution < 1.29 is 9.53 Å². The molecule has 3 aromatic rings. The highest BCUT2D eigenvalue weighted by atomic mass is 79.9. The number of anilines is 1. The molecule has 134 valence electrons. The molecule has 0 spiro atoms. The van der Waals surface area contributed by atoms with Gasteiger partial charge in [-0.2, -0.15) is 0 Å². The van der Waals surface area contributed by atoms with Gasteiger partial charge in [0.05, 0.1) is 12.2 Å². The van der Waals surface area contributed by atoms with Crippen molar-refractivity contribution in [3.8, 4) is 0 Å². The molecule has 2 N–H and O–H groups in total. The number of likely N-dealkylation sites (tertiary alicyclic amines) is 1. The summed E-state index contributed by atoms with van der Waals surface area (Å²) in [7, 11) is 0. The Morgan fingerprint density at radius 1 is 1.35 bits per heavy atom. The fraction of sp³-hybridized carbons (Fsp3) is 0.278. The first-order chi connectivity index (χ1) is 12.6. The molecule has 2 aromatic heterocycles. The Bertz CT molecular complexity index is 943. The number of carbonyl (C=O) groups is 1. The summed E-state index contributed by atoms with van der Waals surface area (Å²) >= 11 is 3.36. The summed E-state index contributed by atoms with van der Waals surface area (Å²) in [5.74, 6) is 1.17. The maximum Gasteiger partial charge on any atom is 0.410 e. The van der Waals surface area contributed by atoms with Gasteiger partial charge in [-0.1, -0.05) is 30.3 Å². The number of imidazole rings is 1. The lowest BCUT2D eigenvalue weighted by Gasteiger charge is -2.23. The smallest absolute Gasteiger partial charge is 0.410 e. The number of ether oxygens (including phenoxy) is 1. The number of rotatable bonds is 3. The lowest BCUT2D eigenvalue weighted by molar-refractivity contribution is 0.0908. The summed E-state index contributed by atoms with van der Waals surface area (Å²) in [5, 5.41) is 0. The summed E-state index contributed by atoms with van der Waals surface area (Å²) in [6, 6.07) is 9.51. The molecule has 26 heavy (non-hydrogen) atoms. The van der Waals surface area contributed by atoms with Crippen LogP contribution in [-0.4, -0.2) is 31.9 Å². The number of amides is 1. The zero-order chi connectivity index (χ0) is 18.1. The van der Waals surface area contributed by atoms with Crippen molar-refractivity contribution in [2.24, 2.45) is 0 Å². The number of hydrogen-bond donors (Lipinski definition) is 1. The van der Waals surface area contributed by atoms with E-state index in [9.17, 15) is 4.79 Å². The predicted molar refractivity (Wildman–Crippen MR) is 100 cm³/mol. The number of nitrogens with two attached hydrogens (primary N) is 1. The van der Waals surface area contributed by atoms with Gasteiger partial charge in [0, 0.05) is 12.7 Å². The van der Waals surface area contributed by atoms with Gasteiger partial charge in [-0.05, 0) is 34.3 Å². The molecule has 0 unspecified atom stereocenters. The number of aromatic nitrogens is 3. The Morgan fingerprint density at radius 3 is 2.96 bits per heavy atom. The predicted octanol–water partition coefficient (Wildman–Crippen LogP) is 3.55. The number of nitrogens with zero attached hydrogens (tertiary/aromatic N) is 4. The van der Waals surface area contributed by atoms with Crippen LogP contribution in [0.1, 0.15) is 30.3 Å². The molecule has 1 aromatic carbocycles. The van der Waals surface area contributed by atoms with E-state index in [0.717, 1.165) is 29.7 Å². The first-order valence-electron chi connectivity index (χ1n) is 8.40. The minimum Gasteiger partial charge on any atom is -0.445 e.